The molecule has 4 nitrogen and oxygen atoms in total. The van der Waals surface area contributed by atoms with Gasteiger partial charge >= 0.3 is 6.18 Å². The SMILES string of the molecule is Cc1cccc(CNC(=O)C2(C(=O)Nc3ccccc3C(F)(F)F)CC2)c1. The highest BCUT2D eigenvalue weighted by Gasteiger charge is 2.56. The van der Waals surface area contributed by atoms with Crippen LogP contribution < -0.4 is 10.6 Å². The van der Waals surface area contributed by atoms with Crippen LogP contribution in [0.5, 0.6) is 0 Å². The average molecular weight is 376 g/mol. The molecule has 0 spiro atoms. The molecule has 1 saturated carbocycles. The minimum Gasteiger partial charge on any atom is -0.351 e. The lowest BCUT2D eigenvalue weighted by molar-refractivity contribution is -0.137. The highest BCUT2D eigenvalue weighted by molar-refractivity contribution is 6.13. The van der Waals surface area contributed by atoms with Gasteiger partial charge in [-0.15, -0.1) is 0 Å². The first-order valence-corrected chi connectivity index (χ1v) is 8.54. The van der Waals surface area contributed by atoms with Gasteiger partial charge in [0.15, 0.2) is 0 Å². The largest absolute Gasteiger partial charge is 0.418 e. The minimum atomic E-state index is -4.59. The van der Waals surface area contributed by atoms with Crippen molar-refractivity contribution in [3.63, 3.8) is 0 Å². The second kappa shape index (κ2) is 7.06. The van der Waals surface area contributed by atoms with E-state index < -0.39 is 29.0 Å². The van der Waals surface area contributed by atoms with E-state index in [1.165, 1.54) is 18.2 Å². The van der Waals surface area contributed by atoms with Crippen molar-refractivity contribution in [2.75, 3.05) is 5.32 Å². The maximum atomic E-state index is 13.1. The number of rotatable bonds is 5. The monoisotopic (exact) mass is 376 g/mol. The van der Waals surface area contributed by atoms with Gasteiger partial charge in [0.05, 0.1) is 11.3 Å². The van der Waals surface area contributed by atoms with E-state index in [2.05, 4.69) is 10.6 Å². The molecule has 0 aliphatic heterocycles. The molecule has 2 aromatic rings. The molecule has 0 aromatic heterocycles. The summed E-state index contributed by atoms with van der Waals surface area (Å²) in [5.41, 5.74) is -0.642. The first kappa shape index (κ1) is 18.9. The Balaban J connectivity index is 1.69. The topological polar surface area (TPSA) is 58.2 Å². The van der Waals surface area contributed by atoms with Crippen LogP contribution in [-0.4, -0.2) is 11.8 Å². The Morgan fingerprint density at radius 2 is 1.74 bits per heavy atom. The summed E-state index contributed by atoms with van der Waals surface area (Å²) >= 11 is 0. The van der Waals surface area contributed by atoms with Crippen molar-refractivity contribution in [3.8, 4) is 0 Å². The summed E-state index contributed by atoms with van der Waals surface area (Å²) in [4.78, 5) is 25.0. The van der Waals surface area contributed by atoms with Crippen LogP contribution in [0, 0.1) is 12.3 Å². The number of aryl methyl sites for hydroxylation is 1. The Morgan fingerprint density at radius 3 is 2.37 bits per heavy atom. The lowest BCUT2D eigenvalue weighted by Gasteiger charge is -2.18. The highest BCUT2D eigenvalue weighted by Crippen LogP contribution is 2.47. The number of hydrogen-bond acceptors (Lipinski definition) is 2. The summed E-state index contributed by atoms with van der Waals surface area (Å²) in [6.45, 7) is 2.19. The van der Waals surface area contributed by atoms with Crippen LogP contribution in [0.1, 0.15) is 29.5 Å². The summed E-state index contributed by atoms with van der Waals surface area (Å²) in [5.74, 6) is -1.17. The number of carbonyl (C=O) groups excluding carboxylic acids is 2. The van der Waals surface area contributed by atoms with Crippen LogP contribution in [-0.2, 0) is 22.3 Å². The fourth-order valence-electron chi connectivity index (χ4n) is 2.94. The molecule has 0 unspecified atom stereocenters. The second-order valence-electron chi connectivity index (χ2n) is 6.75. The molecular weight excluding hydrogens is 357 g/mol. The molecule has 3 rings (SSSR count). The summed E-state index contributed by atoms with van der Waals surface area (Å²) < 4.78 is 39.2. The Hall–Kier alpha value is -2.83. The molecule has 1 aliphatic rings. The van der Waals surface area contributed by atoms with Crippen molar-refractivity contribution < 1.29 is 22.8 Å². The molecule has 2 aromatic carbocycles. The van der Waals surface area contributed by atoms with Gasteiger partial charge in [0.1, 0.15) is 5.41 Å². The molecule has 1 aliphatic carbocycles. The first-order valence-electron chi connectivity index (χ1n) is 8.54. The predicted molar refractivity (Wildman–Crippen MR) is 94.8 cm³/mol. The molecule has 2 N–H and O–H groups in total. The predicted octanol–water partition coefficient (Wildman–Crippen LogP) is 4.05. The summed E-state index contributed by atoms with van der Waals surface area (Å²) in [6, 6.07) is 12.3. The van der Waals surface area contributed by atoms with E-state index in [0.29, 0.717) is 12.8 Å². The molecule has 0 atom stereocenters. The Morgan fingerprint density at radius 1 is 1.04 bits per heavy atom. The molecule has 2 amide bonds. The van der Waals surface area contributed by atoms with E-state index in [1.54, 1.807) is 0 Å². The number of hydrogen-bond donors (Lipinski definition) is 2. The Kier molecular flexibility index (Phi) is 4.95. The van der Waals surface area contributed by atoms with Crippen LogP contribution in [0.3, 0.4) is 0 Å². The highest BCUT2D eigenvalue weighted by atomic mass is 19.4. The molecule has 0 heterocycles. The minimum absolute atomic E-state index is 0.259. The first-order chi connectivity index (χ1) is 12.7. The van der Waals surface area contributed by atoms with Crippen LogP contribution in [0.2, 0.25) is 0 Å². The normalized spacial score (nSPS) is 15.1. The van der Waals surface area contributed by atoms with Crippen molar-refractivity contribution in [2.45, 2.75) is 32.5 Å². The number of amides is 2. The van der Waals surface area contributed by atoms with E-state index in [4.69, 9.17) is 0 Å². The zero-order valence-corrected chi connectivity index (χ0v) is 14.7. The number of carbonyl (C=O) groups is 2. The van der Waals surface area contributed by atoms with Crippen LogP contribution in [0.4, 0.5) is 18.9 Å². The van der Waals surface area contributed by atoms with Crippen molar-refractivity contribution in [1.29, 1.82) is 0 Å². The number of anilines is 1. The standard InChI is InChI=1S/C20H19F3N2O2/c1-13-5-4-6-14(11-13)12-24-17(26)19(9-10-19)18(27)25-16-8-3-2-7-15(16)20(21,22)23/h2-8,11H,9-10,12H2,1H3,(H,24,26)(H,25,27). The van der Waals surface area contributed by atoms with Crippen LogP contribution in [0.15, 0.2) is 48.5 Å². The zero-order chi connectivity index (χ0) is 19.7. The van der Waals surface area contributed by atoms with E-state index in [1.807, 2.05) is 31.2 Å². The maximum absolute atomic E-state index is 13.1. The molecule has 1 fully saturated rings. The number of benzene rings is 2. The summed E-state index contributed by atoms with van der Waals surface area (Å²) in [7, 11) is 0. The third-order valence-corrected chi connectivity index (χ3v) is 4.64. The number of para-hydroxylation sites is 1. The molecular formula is C20H19F3N2O2. The Labute approximate surface area is 154 Å². The van der Waals surface area contributed by atoms with Crippen molar-refractivity contribution in [3.05, 3.63) is 65.2 Å². The van der Waals surface area contributed by atoms with Crippen LogP contribution >= 0.6 is 0 Å². The molecule has 27 heavy (non-hydrogen) atoms. The second-order valence-corrected chi connectivity index (χ2v) is 6.75. The van der Waals surface area contributed by atoms with E-state index in [-0.39, 0.29) is 12.2 Å². The number of nitrogens with one attached hydrogen (secondary N) is 2. The van der Waals surface area contributed by atoms with Gasteiger partial charge in [-0.25, -0.2) is 0 Å². The van der Waals surface area contributed by atoms with Gasteiger partial charge in [0.25, 0.3) is 0 Å². The van der Waals surface area contributed by atoms with Gasteiger partial charge < -0.3 is 10.6 Å². The average Bonchev–Trinajstić information content (AvgIpc) is 3.41. The lowest BCUT2D eigenvalue weighted by atomic mass is 10.0. The summed E-state index contributed by atoms with van der Waals surface area (Å²) in [5, 5.41) is 5.01. The van der Waals surface area contributed by atoms with Crippen molar-refractivity contribution in [2.24, 2.45) is 5.41 Å². The molecule has 0 saturated heterocycles. The molecule has 142 valence electrons. The third kappa shape index (κ3) is 4.13. The Bertz CT molecular complexity index is 874. The lowest BCUT2D eigenvalue weighted by Crippen LogP contribution is -2.40. The maximum Gasteiger partial charge on any atom is 0.418 e. The van der Waals surface area contributed by atoms with Gasteiger partial charge in [-0.1, -0.05) is 42.0 Å². The fraction of sp³-hybridized carbons (Fsp3) is 0.300. The van der Waals surface area contributed by atoms with E-state index >= 15 is 0 Å². The zero-order valence-electron chi connectivity index (χ0n) is 14.7. The summed E-state index contributed by atoms with van der Waals surface area (Å²) in [6.07, 6.45) is -3.96. The quantitative estimate of drug-likeness (QED) is 0.774. The molecule has 7 heteroatoms. The van der Waals surface area contributed by atoms with Crippen LogP contribution in [0.25, 0.3) is 0 Å². The van der Waals surface area contributed by atoms with E-state index in [0.717, 1.165) is 17.2 Å². The third-order valence-electron chi connectivity index (χ3n) is 4.64. The number of halogens is 3. The fourth-order valence-corrected chi connectivity index (χ4v) is 2.94. The van der Waals surface area contributed by atoms with Gasteiger partial charge in [-0.2, -0.15) is 13.2 Å². The van der Waals surface area contributed by atoms with Crippen molar-refractivity contribution >= 4 is 17.5 Å². The van der Waals surface area contributed by atoms with Gasteiger partial charge in [0.2, 0.25) is 11.8 Å². The van der Waals surface area contributed by atoms with Gasteiger partial charge in [-0.05, 0) is 37.5 Å². The van der Waals surface area contributed by atoms with Gasteiger partial charge in [-0.3, -0.25) is 9.59 Å². The van der Waals surface area contributed by atoms with Gasteiger partial charge in [0, 0.05) is 6.54 Å². The number of alkyl halides is 3. The molecule has 0 bridgehead atoms. The van der Waals surface area contributed by atoms with E-state index in [9.17, 15) is 22.8 Å². The van der Waals surface area contributed by atoms with Crippen molar-refractivity contribution in [1.82, 2.24) is 5.32 Å². The molecule has 0 radical (unpaired) electrons. The smallest absolute Gasteiger partial charge is 0.351 e.